The van der Waals surface area contributed by atoms with Crippen LogP contribution in [0.2, 0.25) is 0 Å². The highest BCUT2D eigenvalue weighted by molar-refractivity contribution is 6.17. The summed E-state index contributed by atoms with van der Waals surface area (Å²) in [5.74, 6) is 1.65. The van der Waals surface area contributed by atoms with Crippen LogP contribution in [0, 0.1) is 6.92 Å². The first-order chi connectivity index (χ1) is 12.2. The van der Waals surface area contributed by atoms with Crippen molar-refractivity contribution in [1.82, 2.24) is 10.2 Å². The molecule has 3 heterocycles. The number of aliphatic imine (C=N–C) groups is 2. The second kappa shape index (κ2) is 6.20. The van der Waals surface area contributed by atoms with Crippen LogP contribution in [0.3, 0.4) is 0 Å². The highest BCUT2D eigenvalue weighted by atomic mass is 16.4. The first-order valence-corrected chi connectivity index (χ1v) is 8.52. The summed E-state index contributed by atoms with van der Waals surface area (Å²) in [6, 6.07) is 8.27. The fourth-order valence-corrected chi connectivity index (χ4v) is 3.18. The number of aryl methyl sites for hydroxylation is 2. The molecule has 0 bridgehead atoms. The lowest BCUT2D eigenvalue weighted by atomic mass is 10.1. The minimum Gasteiger partial charge on any atom is -0.442 e. The molecule has 0 unspecified atom stereocenters. The number of nitrogens with one attached hydrogen (secondary N) is 1. The van der Waals surface area contributed by atoms with E-state index in [1.165, 1.54) is 5.56 Å². The second-order valence-electron chi connectivity index (χ2n) is 6.21. The van der Waals surface area contributed by atoms with Crippen molar-refractivity contribution < 1.29 is 9.21 Å². The molecule has 2 aliphatic heterocycles. The molecular weight excluding hydrogens is 316 g/mol. The van der Waals surface area contributed by atoms with E-state index in [2.05, 4.69) is 34.4 Å². The third kappa shape index (κ3) is 2.73. The van der Waals surface area contributed by atoms with Crippen LogP contribution >= 0.6 is 0 Å². The van der Waals surface area contributed by atoms with Crippen molar-refractivity contribution in [3.63, 3.8) is 0 Å². The van der Waals surface area contributed by atoms with Crippen molar-refractivity contribution in [1.29, 1.82) is 0 Å². The van der Waals surface area contributed by atoms with Gasteiger partial charge in [0.15, 0.2) is 0 Å². The number of fused-ring (bicyclic) bond motifs is 3. The zero-order chi connectivity index (χ0) is 17.4. The Hall–Kier alpha value is -2.89. The average Bonchev–Trinajstić information content (AvgIpc) is 3.23. The van der Waals surface area contributed by atoms with E-state index in [-0.39, 0.29) is 5.91 Å². The van der Waals surface area contributed by atoms with Crippen molar-refractivity contribution in [2.75, 3.05) is 13.1 Å². The number of amidine groups is 1. The molecule has 0 fully saturated rings. The largest absolute Gasteiger partial charge is 0.442 e. The number of carbonyl (C=O) groups excluding carboxylic acids is 1. The Bertz CT molecular complexity index is 878. The van der Waals surface area contributed by atoms with Crippen molar-refractivity contribution in [3.05, 3.63) is 52.3 Å². The standard InChI is InChI=1S/C19H20N4O2/c1-3-13-4-6-14(7-5-13)10-21-18(24)15-12(2)25-19-16(15)17-20-8-9-23(17)11-22-19/h4-7,11H,3,8-10H2,1-2H3,(H,21,24). The predicted molar refractivity (Wildman–Crippen MR) is 96.7 cm³/mol. The smallest absolute Gasteiger partial charge is 0.255 e. The van der Waals surface area contributed by atoms with E-state index in [0.717, 1.165) is 24.4 Å². The second-order valence-corrected chi connectivity index (χ2v) is 6.21. The van der Waals surface area contributed by atoms with Crippen molar-refractivity contribution >= 4 is 24.0 Å². The molecule has 1 aromatic carbocycles. The Labute approximate surface area is 146 Å². The van der Waals surface area contributed by atoms with Gasteiger partial charge >= 0.3 is 0 Å². The summed E-state index contributed by atoms with van der Waals surface area (Å²) >= 11 is 0. The highest BCUT2D eigenvalue weighted by Gasteiger charge is 2.33. The minimum absolute atomic E-state index is 0.159. The number of hydrogen-bond donors (Lipinski definition) is 1. The number of rotatable bonds is 4. The normalized spacial score (nSPS) is 15.0. The van der Waals surface area contributed by atoms with Gasteiger partial charge in [0.05, 0.1) is 17.7 Å². The number of amides is 1. The molecule has 0 spiro atoms. The molecule has 0 saturated heterocycles. The van der Waals surface area contributed by atoms with Gasteiger partial charge in [0.25, 0.3) is 5.91 Å². The molecule has 1 amide bonds. The van der Waals surface area contributed by atoms with Crippen LogP contribution in [0.4, 0.5) is 5.88 Å². The monoisotopic (exact) mass is 336 g/mol. The lowest BCUT2D eigenvalue weighted by Crippen LogP contribution is -2.32. The molecule has 25 heavy (non-hydrogen) atoms. The van der Waals surface area contributed by atoms with E-state index in [9.17, 15) is 4.79 Å². The quantitative estimate of drug-likeness (QED) is 0.933. The Balaban J connectivity index is 1.57. The Morgan fingerprint density at radius 3 is 2.80 bits per heavy atom. The lowest BCUT2D eigenvalue weighted by molar-refractivity contribution is 0.0949. The Morgan fingerprint density at radius 2 is 2.04 bits per heavy atom. The van der Waals surface area contributed by atoms with Crippen LogP contribution in [0.1, 0.15) is 39.7 Å². The topological polar surface area (TPSA) is 70.2 Å². The summed E-state index contributed by atoms with van der Waals surface area (Å²) < 4.78 is 5.68. The SMILES string of the molecule is CCc1ccc(CNC(=O)c2c(C)oc3c2C2=NCCN2C=N3)cc1. The molecule has 1 N–H and O–H groups in total. The van der Waals surface area contributed by atoms with E-state index in [1.54, 1.807) is 13.3 Å². The van der Waals surface area contributed by atoms with Crippen LogP contribution in [0.25, 0.3) is 0 Å². The van der Waals surface area contributed by atoms with Crippen LogP contribution in [0.15, 0.2) is 38.7 Å². The van der Waals surface area contributed by atoms with E-state index in [4.69, 9.17) is 4.42 Å². The van der Waals surface area contributed by atoms with Crippen molar-refractivity contribution in [3.8, 4) is 0 Å². The van der Waals surface area contributed by atoms with Crippen molar-refractivity contribution in [2.45, 2.75) is 26.8 Å². The van der Waals surface area contributed by atoms with Gasteiger partial charge in [0.1, 0.15) is 17.9 Å². The molecule has 6 nitrogen and oxygen atoms in total. The molecule has 0 saturated carbocycles. The first-order valence-electron chi connectivity index (χ1n) is 8.52. The number of hydrogen-bond acceptors (Lipinski definition) is 5. The molecule has 2 aromatic rings. The van der Waals surface area contributed by atoms with Gasteiger partial charge in [0, 0.05) is 13.1 Å². The van der Waals surface area contributed by atoms with E-state index in [1.807, 2.05) is 17.0 Å². The Kier molecular flexibility index (Phi) is 3.87. The Morgan fingerprint density at radius 1 is 1.28 bits per heavy atom. The molecule has 128 valence electrons. The minimum atomic E-state index is -0.159. The molecule has 2 aliphatic rings. The van der Waals surface area contributed by atoms with Gasteiger partial charge < -0.3 is 14.6 Å². The van der Waals surface area contributed by atoms with Gasteiger partial charge in [-0.25, -0.2) is 4.99 Å². The first kappa shape index (κ1) is 15.6. The van der Waals surface area contributed by atoms with E-state index < -0.39 is 0 Å². The molecular formula is C19H20N4O2. The maximum Gasteiger partial charge on any atom is 0.255 e. The van der Waals surface area contributed by atoms with Gasteiger partial charge in [-0.2, -0.15) is 0 Å². The molecule has 0 aliphatic carbocycles. The van der Waals surface area contributed by atoms with E-state index >= 15 is 0 Å². The summed E-state index contributed by atoms with van der Waals surface area (Å²) in [7, 11) is 0. The molecule has 6 heteroatoms. The fraction of sp³-hybridized carbons (Fsp3) is 0.316. The maximum atomic E-state index is 12.8. The molecule has 1 aromatic heterocycles. The number of benzene rings is 1. The summed E-state index contributed by atoms with van der Waals surface area (Å²) in [6.07, 6.45) is 2.72. The number of furan rings is 1. The highest BCUT2D eigenvalue weighted by Crippen LogP contribution is 2.34. The fourth-order valence-electron chi connectivity index (χ4n) is 3.18. The zero-order valence-corrected chi connectivity index (χ0v) is 14.4. The summed E-state index contributed by atoms with van der Waals surface area (Å²) in [6.45, 7) is 5.88. The number of carbonyl (C=O) groups is 1. The van der Waals surface area contributed by atoms with Crippen LogP contribution in [0.5, 0.6) is 0 Å². The van der Waals surface area contributed by atoms with Gasteiger partial charge in [0.2, 0.25) is 5.88 Å². The van der Waals surface area contributed by atoms with Crippen LogP contribution in [-0.4, -0.2) is 36.1 Å². The predicted octanol–water partition coefficient (Wildman–Crippen LogP) is 2.82. The lowest BCUT2D eigenvalue weighted by Gasteiger charge is -2.18. The summed E-state index contributed by atoms with van der Waals surface area (Å²) in [4.78, 5) is 23.6. The van der Waals surface area contributed by atoms with Gasteiger partial charge in [-0.1, -0.05) is 31.2 Å². The van der Waals surface area contributed by atoms with Gasteiger partial charge in [-0.05, 0) is 24.5 Å². The van der Waals surface area contributed by atoms with Crippen LogP contribution in [-0.2, 0) is 13.0 Å². The summed E-state index contributed by atoms with van der Waals surface area (Å²) in [5, 5.41) is 2.99. The molecule has 0 radical (unpaired) electrons. The zero-order valence-electron chi connectivity index (χ0n) is 14.4. The third-order valence-electron chi connectivity index (χ3n) is 4.59. The summed E-state index contributed by atoms with van der Waals surface area (Å²) in [5.41, 5.74) is 3.59. The van der Waals surface area contributed by atoms with Gasteiger partial charge in [-0.3, -0.25) is 9.79 Å². The van der Waals surface area contributed by atoms with Crippen LogP contribution < -0.4 is 5.32 Å². The van der Waals surface area contributed by atoms with Gasteiger partial charge in [-0.15, -0.1) is 0 Å². The maximum absolute atomic E-state index is 12.8. The van der Waals surface area contributed by atoms with E-state index in [0.29, 0.717) is 35.9 Å². The average molecular weight is 336 g/mol. The van der Waals surface area contributed by atoms with Crippen molar-refractivity contribution in [2.24, 2.45) is 9.98 Å². The molecule has 0 atom stereocenters. The number of nitrogens with zero attached hydrogens (tertiary/aromatic N) is 3. The third-order valence-corrected chi connectivity index (χ3v) is 4.59. The molecule has 4 rings (SSSR count).